The molecule has 3 N–H and O–H groups in total. The van der Waals surface area contributed by atoms with Crippen molar-refractivity contribution in [2.45, 2.75) is 16.8 Å². The highest BCUT2D eigenvalue weighted by Gasteiger charge is 2.32. The van der Waals surface area contributed by atoms with Crippen LogP contribution < -0.4 is 5.32 Å². The number of benzene rings is 1. The lowest BCUT2D eigenvalue weighted by atomic mass is 10.1. The molecule has 198 valence electrons. The highest BCUT2D eigenvalue weighted by atomic mass is 32.2. The van der Waals surface area contributed by atoms with Crippen molar-refractivity contribution in [3.63, 3.8) is 0 Å². The van der Waals surface area contributed by atoms with Crippen LogP contribution in [0.4, 0.5) is 0 Å². The Labute approximate surface area is 225 Å². The Hall–Kier alpha value is -3.51. The van der Waals surface area contributed by atoms with Crippen LogP contribution in [0.15, 0.2) is 71.6 Å². The van der Waals surface area contributed by atoms with Gasteiger partial charge in [-0.15, -0.1) is 17.9 Å². The predicted molar refractivity (Wildman–Crippen MR) is 149 cm³/mol. The number of thiophene rings is 1. The van der Waals surface area contributed by atoms with Gasteiger partial charge in [0.15, 0.2) is 15.7 Å². The summed E-state index contributed by atoms with van der Waals surface area (Å²) in [5.41, 5.74) is 1.86. The minimum Gasteiger partial charge on any atom is -0.494 e. The summed E-state index contributed by atoms with van der Waals surface area (Å²) in [5, 5.41) is 15.3. The first kappa shape index (κ1) is 26.1. The number of sulfone groups is 1. The SMILES string of the molecule is C=CC(N1CCN(C)CC1)S(=O)(=O)c1ccc(-c2c(O)[nH]c3ccc(C(=O)NCc4cccs4)cc23)nc1. The summed E-state index contributed by atoms with van der Waals surface area (Å²) in [5.74, 6) is -0.346. The van der Waals surface area contributed by atoms with Gasteiger partial charge in [-0.3, -0.25) is 14.7 Å². The van der Waals surface area contributed by atoms with E-state index >= 15 is 0 Å². The van der Waals surface area contributed by atoms with Crippen LogP contribution in [0, 0.1) is 0 Å². The highest BCUT2D eigenvalue weighted by Crippen LogP contribution is 2.36. The molecule has 0 aliphatic carbocycles. The second kappa shape index (κ2) is 10.7. The average Bonchev–Trinajstić information content (AvgIpc) is 3.55. The zero-order valence-corrected chi connectivity index (χ0v) is 22.6. The van der Waals surface area contributed by atoms with Crippen LogP contribution in [0.5, 0.6) is 5.88 Å². The summed E-state index contributed by atoms with van der Waals surface area (Å²) in [4.78, 5) is 25.3. The molecule has 1 fully saturated rings. The van der Waals surface area contributed by atoms with Gasteiger partial charge in [-0.2, -0.15) is 0 Å². The van der Waals surface area contributed by atoms with Crippen LogP contribution in [0.3, 0.4) is 0 Å². The van der Waals surface area contributed by atoms with E-state index in [1.165, 1.54) is 18.3 Å². The van der Waals surface area contributed by atoms with Crippen molar-refractivity contribution in [1.29, 1.82) is 0 Å². The maximum atomic E-state index is 13.4. The van der Waals surface area contributed by atoms with Gasteiger partial charge in [0.2, 0.25) is 0 Å². The second-order valence-corrected chi connectivity index (χ2v) is 12.3. The lowest BCUT2D eigenvalue weighted by molar-refractivity contribution is 0.0951. The minimum absolute atomic E-state index is 0.0815. The Bertz CT molecular complexity index is 1560. The van der Waals surface area contributed by atoms with Gasteiger partial charge in [0.1, 0.15) is 5.37 Å². The number of hydrogen-bond donors (Lipinski definition) is 3. The van der Waals surface area contributed by atoms with E-state index in [0.29, 0.717) is 47.4 Å². The molecular formula is C27H29N5O4S2. The third kappa shape index (κ3) is 5.10. The fourth-order valence-corrected chi connectivity index (χ4v) is 6.88. The minimum atomic E-state index is -3.74. The van der Waals surface area contributed by atoms with Crippen molar-refractivity contribution < 1.29 is 18.3 Å². The number of likely N-dealkylation sites (N-methyl/N-ethyl adjacent to an activating group) is 1. The van der Waals surface area contributed by atoms with E-state index in [9.17, 15) is 18.3 Å². The summed E-state index contributed by atoms with van der Waals surface area (Å²) >= 11 is 1.57. The maximum Gasteiger partial charge on any atom is 0.251 e. The molecule has 0 spiro atoms. The molecule has 9 nitrogen and oxygen atoms in total. The second-order valence-electron chi connectivity index (χ2n) is 9.26. The molecule has 5 rings (SSSR count). The van der Waals surface area contributed by atoms with Gasteiger partial charge < -0.3 is 20.3 Å². The molecule has 1 amide bonds. The fraction of sp³-hybridized carbons (Fsp3) is 0.259. The van der Waals surface area contributed by atoms with Crippen LogP contribution in [0.25, 0.3) is 22.2 Å². The zero-order valence-electron chi connectivity index (χ0n) is 20.9. The molecule has 4 heterocycles. The smallest absolute Gasteiger partial charge is 0.251 e. The first-order valence-electron chi connectivity index (χ1n) is 12.2. The molecule has 1 unspecified atom stereocenters. The number of carbonyl (C=O) groups excluding carboxylic acids is 1. The first-order chi connectivity index (χ1) is 18.3. The largest absolute Gasteiger partial charge is 0.494 e. The summed E-state index contributed by atoms with van der Waals surface area (Å²) in [7, 11) is -1.73. The molecule has 3 aromatic heterocycles. The number of fused-ring (bicyclic) bond motifs is 1. The molecule has 11 heteroatoms. The van der Waals surface area contributed by atoms with Crippen LogP contribution in [0.2, 0.25) is 0 Å². The topological polar surface area (TPSA) is 119 Å². The van der Waals surface area contributed by atoms with Crippen molar-refractivity contribution in [2.75, 3.05) is 33.2 Å². The van der Waals surface area contributed by atoms with E-state index < -0.39 is 15.2 Å². The summed E-state index contributed by atoms with van der Waals surface area (Å²) in [6, 6.07) is 12.1. The van der Waals surface area contributed by atoms with Crippen LogP contribution in [-0.2, 0) is 16.4 Å². The number of rotatable bonds is 8. The van der Waals surface area contributed by atoms with Gasteiger partial charge in [0.25, 0.3) is 5.91 Å². The number of piperazine rings is 1. The standard InChI is InChI=1S/C27H29N5O4S2/c1-3-24(32-12-10-31(2)11-13-32)38(35,36)20-7-9-23(28-17-20)25-21-15-18(6-8-22(21)30-27(25)34)26(33)29-16-19-5-4-14-37-19/h3-9,14-15,17,24,30,34H,1,10-13,16H2,2H3,(H,29,33). The number of pyridine rings is 1. The van der Waals surface area contributed by atoms with Gasteiger partial charge in [-0.05, 0) is 48.8 Å². The molecular weight excluding hydrogens is 522 g/mol. The van der Waals surface area contributed by atoms with Gasteiger partial charge in [0, 0.05) is 53.7 Å². The highest BCUT2D eigenvalue weighted by molar-refractivity contribution is 7.92. The number of nitrogens with zero attached hydrogens (tertiary/aromatic N) is 3. The molecule has 0 saturated carbocycles. The number of aromatic amines is 1. The van der Waals surface area contributed by atoms with E-state index in [2.05, 4.69) is 26.8 Å². The number of carbonyl (C=O) groups is 1. The van der Waals surface area contributed by atoms with E-state index in [1.54, 1.807) is 35.6 Å². The molecule has 1 aliphatic rings. The third-order valence-electron chi connectivity index (χ3n) is 6.78. The summed E-state index contributed by atoms with van der Waals surface area (Å²) < 4.78 is 26.8. The zero-order chi connectivity index (χ0) is 26.9. The Morgan fingerprint density at radius 1 is 1.24 bits per heavy atom. The number of hydrogen-bond acceptors (Lipinski definition) is 8. The monoisotopic (exact) mass is 551 g/mol. The van der Waals surface area contributed by atoms with Crippen LogP contribution >= 0.6 is 11.3 Å². The van der Waals surface area contributed by atoms with Gasteiger partial charge >= 0.3 is 0 Å². The van der Waals surface area contributed by atoms with Gasteiger partial charge in [-0.25, -0.2) is 8.42 Å². The van der Waals surface area contributed by atoms with E-state index in [1.807, 2.05) is 29.5 Å². The quantitative estimate of drug-likeness (QED) is 0.287. The summed E-state index contributed by atoms with van der Waals surface area (Å²) in [6.07, 6.45) is 2.78. The lowest BCUT2D eigenvalue weighted by Gasteiger charge is -2.36. The lowest BCUT2D eigenvalue weighted by Crippen LogP contribution is -2.50. The molecule has 0 bridgehead atoms. The van der Waals surface area contributed by atoms with Crippen LogP contribution in [-0.4, -0.2) is 77.8 Å². The number of nitrogens with one attached hydrogen (secondary N) is 2. The number of amides is 1. The Morgan fingerprint density at radius 3 is 2.68 bits per heavy atom. The maximum absolute atomic E-state index is 13.4. The molecule has 0 radical (unpaired) electrons. The molecule has 1 saturated heterocycles. The molecule has 4 aromatic rings. The van der Waals surface area contributed by atoms with E-state index in [-0.39, 0.29) is 16.7 Å². The Morgan fingerprint density at radius 2 is 2.03 bits per heavy atom. The fourth-order valence-electron chi connectivity index (χ4n) is 4.65. The average molecular weight is 552 g/mol. The molecule has 38 heavy (non-hydrogen) atoms. The summed E-state index contributed by atoms with van der Waals surface area (Å²) in [6.45, 7) is 7.03. The first-order valence-corrected chi connectivity index (χ1v) is 14.6. The van der Waals surface area contributed by atoms with Crippen molar-refractivity contribution in [1.82, 2.24) is 25.1 Å². The molecule has 1 aromatic carbocycles. The number of aromatic nitrogens is 2. The van der Waals surface area contributed by atoms with Gasteiger partial charge in [0.05, 0.1) is 22.7 Å². The van der Waals surface area contributed by atoms with Gasteiger partial charge in [-0.1, -0.05) is 12.1 Å². The van der Waals surface area contributed by atoms with Crippen molar-refractivity contribution in [3.05, 3.63) is 77.1 Å². The normalized spacial score (nSPS) is 15.9. The van der Waals surface area contributed by atoms with Crippen molar-refractivity contribution >= 4 is 38.0 Å². The predicted octanol–water partition coefficient (Wildman–Crippen LogP) is 3.46. The van der Waals surface area contributed by atoms with Crippen LogP contribution in [0.1, 0.15) is 15.2 Å². The Balaban J connectivity index is 1.41. The third-order valence-corrected chi connectivity index (χ3v) is 9.68. The number of aromatic hydroxyl groups is 1. The van der Waals surface area contributed by atoms with E-state index in [0.717, 1.165) is 18.0 Å². The van der Waals surface area contributed by atoms with E-state index in [4.69, 9.17) is 0 Å². The Kier molecular flexibility index (Phi) is 7.35. The molecule has 1 atom stereocenters. The number of H-pyrrole nitrogens is 1. The van der Waals surface area contributed by atoms with Crippen molar-refractivity contribution in [3.8, 4) is 17.1 Å². The molecule has 1 aliphatic heterocycles. The van der Waals surface area contributed by atoms with Crippen molar-refractivity contribution in [2.24, 2.45) is 0 Å².